The predicted molar refractivity (Wildman–Crippen MR) is 57.1 cm³/mol. The lowest BCUT2D eigenvalue weighted by Crippen LogP contribution is -2.05. The first-order valence-electron chi connectivity index (χ1n) is 5.08. The predicted octanol–water partition coefficient (Wildman–Crippen LogP) is 2.60. The Morgan fingerprint density at radius 3 is 3.00 bits per heavy atom. The first-order chi connectivity index (χ1) is 6.45. The minimum absolute atomic E-state index is 1.01. The molecule has 13 heavy (non-hydrogen) atoms. The van der Waals surface area contributed by atoms with Gasteiger partial charge in [-0.05, 0) is 43.2 Å². The van der Waals surface area contributed by atoms with Gasteiger partial charge in [0, 0.05) is 22.5 Å². The topological polar surface area (TPSA) is 12.4 Å². The lowest BCUT2D eigenvalue weighted by Gasteiger charge is -2.13. The fourth-order valence-corrected chi connectivity index (χ4v) is 3.69. The van der Waals surface area contributed by atoms with Crippen molar-refractivity contribution in [3.05, 3.63) is 20.9 Å². The summed E-state index contributed by atoms with van der Waals surface area (Å²) in [7, 11) is 0. The van der Waals surface area contributed by atoms with E-state index in [2.05, 4.69) is 11.2 Å². The number of aliphatic imine (C=N–C) groups is 1. The maximum absolute atomic E-state index is 4.35. The van der Waals surface area contributed by atoms with Crippen molar-refractivity contribution in [3.63, 3.8) is 0 Å². The van der Waals surface area contributed by atoms with Crippen molar-refractivity contribution in [3.8, 4) is 0 Å². The van der Waals surface area contributed by atoms with Crippen LogP contribution in [0.15, 0.2) is 4.99 Å². The van der Waals surface area contributed by atoms with Crippen LogP contribution in [-0.2, 0) is 19.3 Å². The molecule has 0 atom stereocenters. The van der Waals surface area contributed by atoms with Gasteiger partial charge in [0.15, 0.2) is 0 Å². The fourth-order valence-electron chi connectivity index (χ4n) is 2.35. The summed E-state index contributed by atoms with van der Waals surface area (Å²) in [5, 5.41) is 0. The SMILES string of the molecule is C1=NCCc2c1sc1c2CCCC1. The van der Waals surface area contributed by atoms with Crippen LogP contribution in [0.1, 0.15) is 33.7 Å². The smallest absolute Gasteiger partial charge is 0.0487 e. The maximum atomic E-state index is 4.35. The molecule has 0 spiro atoms. The molecule has 0 radical (unpaired) electrons. The van der Waals surface area contributed by atoms with E-state index in [9.17, 15) is 0 Å². The van der Waals surface area contributed by atoms with E-state index in [1.807, 2.05) is 11.3 Å². The molecule has 2 heterocycles. The second-order valence-electron chi connectivity index (χ2n) is 3.84. The van der Waals surface area contributed by atoms with Gasteiger partial charge in [0.25, 0.3) is 0 Å². The summed E-state index contributed by atoms with van der Waals surface area (Å²) in [5.41, 5.74) is 3.33. The van der Waals surface area contributed by atoms with E-state index in [4.69, 9.17) is 0 Å². The second kappa shape index (κ2) is 2.95. The number of rotatable bonds is 0. The van der Waals surface area contributed by atoms with Gasteiger partial charge in [0.1, 0.15) is 0 Å². The van der Waals surface area contributed by atoms with Gasteiger partial charge in [-0.2, -0.15) is 0 Å². The maximum Gasteiger partial charge on any atom is 0.0487 e. The van der Waals surface area contributed by atoms with Gasteiger partial charge in [-0.1, -0.05) is 0 Å². The van der Waals surface area contributed by atoms with Crippen molar-refractivity contribution >= 4 is 17.6 Å². The molecule has 0 saturated heterocycles. The third-order valence-corrected chi connectivity index (χ3v) is 4.28. The Bertz CT molecular complexity index is 362. The van der Waals surface area contributed by atoms with Crippen molar-refractivity contribution in [2.75, 3.05) is 6.54 Å². The van der Waals surface area contributed by atoms with Gasteiger partial charge in [-0.25, -0.2) is 0 Å². The minimum Gasteiger partial charge on any atom is -0.291 e. The number of aryl methyl sites for hydroxylation is 1. The van der Waals surface area contributed by atoms with Crippen molar-refractivity contribution in [1.29, 1.82) is 0 Å². The summed E-state index contributed by atoms with van der Waals surface area (Å²) in [5.74, 6) is 0. The van der Waals surface area contributed by atoms with Gasteiger partial charge in [-0.3, -0.25) is 4.99 Å². The van der Waals surface area contributed by atoms with Crippen LogP contribution < -0.4 is 0 Å². The zero-order valence-corrected chi connectivity index (χ0v) is 8.49. The fraction of sp³-hybridized carbons (Fsp3) is 0.545. The third kappa shape index (κ3) is 1.16. The van der Waals surface area contributed by atoms with Crippen LogP contribution in [0.4, 0.5) is 0 Å². The molecule has 0 aromatic carbocycles. The van der Waals surface area contributed by atoms with E-state index in [-0.39, 0.29) is 0 Å². The summed E-state index contributed by atoms with van der Waals surface area (Å²) >= 11 is 1.99. The van der Waals surface area contributed by atoms with Crippen molar-refractivity contribution in [2.45, 2.75) is 32.1 Å². The standard InChI is InChI=1S/C11H13NS/c1-2-4-10-8(3-1)9-5-6-12-7-11(9)13-10/h7H,1-6H2. The number of hydrogen-bond acceptors (Lipinski definition) is 2. The molecule has 1 aliphatic heterocycles. The van der Waals surface area contributed by atoms with Crippen molar-refractivity contribution in [2.24, 2.45) is 4.99 Å². The largest absolute Gasteiger partial charge is 0.291 e. The van der Waals surface area contributed by atoms with E-state index in [0.717, 1.165) is 6.54 Å². The Morgan fingerprint density at radius 1 is 1.08 bits per heavy atom. The van der Waals surface area contributed by atoms with Crippen LogP contribution >= 0.6 is 11.3 Å². The summed E-state index contributed by atoms with van der Waals surface area (Å²) in [6, 6.07) is 0. The molecule has 0 bridgehead atoms. The van der Waals surface area contributed by atoms with Crippen LogP contribution in [0.2, 0.25) is 0 Å². The summed E-state index contributed by atoms with van der Waals surface area (Å²) in [4.78, 5) is 7.46. The lowest BCUT2D eigenvalue weighted by atomic mass is 9.93. The van der Waals surface area contributed by atoms with Crippen molar-refractivity contribution < 1.29 is 0 Å². The Kier molecular flexibility index (Phi) is 1.76. The van der Waals surface area contributed by atoms with E-state index >= 15 is 0 Å². The second-order valence-corrected chi connectivity index (χ2v) is 4.98. The summed E-state index contributed by atoms with van der Waals surface area (Å²) in [6.07, 6.45) is 8.71. The van der Waals surface area contributed by atoms with E-state index < -0.39 is 0 Å². The van der Waals surface area contributed by atoms with Crippen LogP contribution in [-0.4, -0.2) is 12.8 Å². The Labute approximate surface area is 82.5 Å². The van der Waals surface area contributed by atoms with E-state index in [1.54, 1.807) is 16.0 Å². The summed E-state index contributed by atoms with van der Waals surface area (Å²) < 4.78 is 0. The molecule has 0 amide bonds. The van der Waals surface area contributed by atoms with E-state index in [1.165, 1.54) is 37.0 Å². The number of nitrogens with zero attached hydrogens (tertiary/aromatic N) is 1. The van der Waals surface area contributed by atoms with E-state index in [0.29, 0.717) is 0 Å². The van der Waals surface area contributed by atoms with Crippen LogP contribution in [0.3, 0.4) is 0 Å². The first-order valence-corrected chi connectivity index (χ1v) is 5.90. The van der Waals surface area contributed by atoms with Gasteiger partial charge >= 0.3 is 0 Å². The van der Waals surface area contributed by atoms with Crippen LogP contribution in [0, 0.1) is 0 Å². The van der Waals surface area contributed by atoms with Gasteiger partial charge in [0.05, 0.1) is 0 Å². The van der Waals surface area contributed by atoms with Gasteiger partial charge in [0.2, 0.25) is 0 Å². The third-order valence-electron chi connectivity index (χ3n) is 3.01. The highest BCUT2D eigenvalue weighted by Gasteiger charge is 2.20. The zero-order valence-electron chi connectivity index (χ0n) is 7.68. The highest BCUT2D eigenvalue weighted by atomic mass is 32.1. The Balaban J connectivity index is 2.15. The quantitative estimate of drug-likeness (QED) is 0.597. The molecule has 2 aliphatic rings. The first kappa shape index (κ1) is 7.74. The molecule has 1 nitrogen and oxygen atoms in total. The molecular formula is C11H13NS. The molecule has 1 aliphatic carbocycles. The van der Waals surface area contributed by atoms with Gasteiger partial charge < -0.3 is 0 Å². The molecule has 0 unspecified atom stereocenters. The van der Waals surface area contributed by atoms with Crippen molar-refractivity contribution in [1.82, 2.24) is 0 Å². The molecule has 0 N–H and O–H groups in total. The normalized spacial score (nSPS) is 19.7. The lowest BCUT2D eigenvalue weighted by molar-refractivity contribution is 0.690. The molecule has 2 heteroatoms. The molecule has 68 valence electrons. The molecule has 3 rings (SSSR count). The molecule has 1 aromatic rings. The highest BCUT2D eigenvalue weighted by Crippen LogP contribution is 2.34. The summed E-state index contributed by atoms with van der Waals surface area (Å²) in [6.45, 7) is 1.01. The average Bonchev–Trinajstić information content (AvgIpc) is 2.56. The Morgan fingerprint density at radius 2 is 2.00 bits per heavy atom. The zero-order chi connectivity index (χ0) is 8.67. The van der Waals surface area contributed by atoms with Crippen LogP contribution in [0.25, 0.3) is 0 Å². The molecule has 1 aromatic heterocycles. The Hall–Kier alpha value is -0.630. The number of fused-ring (bicyclic) bond motifs is 3. The number of thiophene rings is 1. The monoisotopic (exact) mass is 191 g/mol. The molecular weight excluding hydrogens is 178 g/mol. The van der Waals surface area contributed by atoms with Gasteiger partial charge in [-0.15, -0.1) is 11.3 Å². The molecule has 0 fully saturated rings. The average molecular weight is 191 g/mol. The highest BCUT2D eigenvalue weighted by molar-refractivity contribution is 7.14. The van der Waals surface area contributed by atoms with Crippen LogP contribution in [0.5, 0.6) is 0 Å². The number of hydrogen-bond donors (Lipinski definition) is 0. The minimum atomic E-state index is 1.01. The molecule has 0 saturated carbocycles.